The molecule has 8 nitrogen and oxygen atoms in total. The van der Waals surface area contributed by atoms with Crippen molar-refractivity contribution in [2.45, 2.75) is 43.8 Å². The van der Waals surface area contributed by atoms with Gasteiger partial charge in [-0.1, -0.05) is 48.5 Å². The molecular weight excluding hydrogens is 481 g/mol. The minimum absolute atomic E-state index is 0.0487. The molecule has 2 aliphatic rings. The number of esters is 1. The van der Waals surface area contributed by atoms with Gasteiger partial charge in [-0.05, 0) is 36.1 Å². The molecule has 1 fully saturated rings. The maximum Gasteiger partial charge on any atom is 0.433 e. The molecule has 1 N–H and O–H groups in total. The number of amides is 2. The Bertz CT molecular complexity index is 1140. The van der Waals surface area contributed by atoms with Crippen molar-refractivity contribution in [2.75, 3.05) is 20.3 Å². The number of hydrogen-bond acceptors (Lipinski definition) is 6. The fourth-order valence-electron chi connectivity index (χ4n) is 4.59. The number of rotatable bonds is 5. The van der Waals surface area contributed by atoms with Crippen molar-refractivity contribution < 1.29 is 41.8 Å². The van der Waals surface area contributed by atoms with E-state index < -0.39 is 48.6 Å². The number of alkyl carbamates (subject to hydrolysis) is 1. The third kappa shape index (κ3) is 4.62. The Morgan fingerprint density at radius 1 is 1.03 bits per heavy atom. The SMILES string of the molecule is COC(=O)[C@@H]1CO[C@H](C(F)(F)F)N1C(=O)C(C)(C)NC(=O)OCC1c2ccccc2-c2ccccc21. The van der Waals surface area contributed by atoms with Crippen molar-refractivity contribution in [1.29, 1.82) is 0 Å². The largest absolute Gasteiger partial charge is 0.467 e. The maximum atomic E-state index is 13.5. The Balaban J connectivity index is 1.47. The first kappa shape index (κ1) is 25.5. The van der Waals surface area contributed by atoms with Crippen molar-refractivity contribution in [3.63, 3.8) is 0 Å². The summed E-state index contributed by atoms with van der Waals surface area (Å²) in [5.74, 6) is -2.48. The summed E-state index contributed by atoms with van der Waals surface area (Å²) in [4.78, 5) is 38.1. The van der Waals surface area contributed by atoms with Gasteiger partial charge >= 0.3 is 18.2 Å². The summed E-state index contributed by atoms with van der Waals surface area (Å²) in [6.45, 7) is 1.70. The van der Waals surface area contributed by atoms with Gasteiger partial charge in [0.1, 0.15) is 12.1 Å². The van der Waals surface area contributed by atoms with Gasteiger partial charge in [0.05, 0.1) is 13.7 Å². The van der Waals surface area contributed by atoms with Crippen LogP contribution in [0.25, 0.3) is 11.1 Å². The van der Waals surface area contributed by atoms with E-state index in [0.29, 0.717) is 0 Å². The quantitative estimate of drug-likeness (QED) is 0.623. The lowest BCUT2D eigenvalue weighted by molar-refractivity contribution is -0.241. The molecule has 0 saturated carbocycles. The fourth-order valence-corrected chi connectivity index (χ4v) is 4.59. The predicted octanol–water partition coefficient (Wildman–Crippen LogP) is 3.59. The number of hydrogen-bond donors (Lipinski definition) is 1. The van der Waals surface area contributed by atoms with Gasteiger partial charge in [0.15, 0.2) is 6.04 Å². The molecule has 1 heterocycles. The Morgan fingerprint density at radius 3 is 2.11 bits per heavy atom. The molecule has 1 saturated heterocycles. The zero-order valence-corrected chi connectivity index (χ0v) is 19.8. The van der Waals surface area contributed by atoms with E-state index in [1.54, 1.807) is 0 Å². The Kier molecular flexibility index (Phi) is 6.70. The van der Waals surface area contributed by atoms with Crippen molar-refractivity contribution in [2.24, 2.45) is 0 Å². The van der Waals surface area contributed by atoms with Crippen LogP contribution in [-0.2, 0) is 23.8 Å². The molecule has 0 radical (unpaired) electrons. The van der Waals surface area contributed by atoms with Gasteiger partial charge in [-0.2, -0.15) is 13.2 Å². The van der Waals surface area contributed by atoms with Crippen LogP contribution in [0, 0.1) is 0 Å². The van der Waals surface area contributed by atoms with Crippen molar-refractivity contribution in [1.82, 2.24) is 10.2 Å². The average Bonchev–Trinajstić information content (AvgIpc) is 3.41. The monoisotopic (exact) mass is 506 g/mol. The van der Waals surface area contributed by atoms with Crippen LogP contribution in [0.15, 0.2) is 48.5 Å². The molecular formula is C25H25F3N2O6. The first-order valence-electron chi connectivity index (χ1n) is 11.2. The fraction of sp³-hybridized carbons (Fsp3) is 0.400. The van der Waals surface area contributed by atoms with Gasteiger partial charge in [-0.3, -0.25) is 9.69 Å². The van der Waals surface area contributed by atoms with Crippen LogP contribution in [-0.4, -0.2) is 67.2 Å². The third-order valence-electron chi connectivity index (χ3n) is 6.28. The first-order valence-corrected chi connectivity index (χ1v) is 11.2. The lowest BCUT2D eigenvalue weighted by Gasteiger charge is -2.35. The Labute approximate surface area is 205 Å². The highest BCUT2D eigenvalue weighted by Gasteiger charge is 2.57. The van der Waals surface area contributed by atoms with E-state index in [1.807, 2.05) is 48.5 Å². The molecule has 2 aromatic rings. The zero-order valence-electron chi connectivity index (χ0n) is 19.8. The van der Waals surface area contributed by atoms with Gasteiger partial charge in [0, 0.05) is 5.92 Å². The minimum atomic E-state index is -4.96. The summed E-state index contributed by atoms with van der Waals surface area (Å²) in [6.07, 6.45) is -8.61. The molecule has 0 unspecified atom stereocenters. The Hall–Kier alpha value is -3.60. The van der Waals surface area contributed by atoms with Gasteiger partial charge in [-0.15, -0.1) is 0 Å². The van der Waals surface area contributed by atoms with E-state index >= 15 is 0 Å². The number of carbonyl (C=O) groups is 3. The molecule has 4 rings (SSSR count). The second-order valence-corrected chi connectivity index (χ2v) is 9.05. The predicted molar refractivity (Wildman–Crippen MR) is 121 cm³/mol. The zero-order chi connectivity index (χ0) is 26.3. The first-order chi connectivity index (χ1) is 17.0. The third-order valence-corrected chi connectivity index (χ3v) is 6.28. The molecule has 1 aliphatic heterocycles. The van der Waals surface area contributed by atoms with Crippen LogP contribution in [0.3, 0.4) is 0 Å². The van der Waals surface area contributed by atoms with Crippen LogP contribution in [0.5, 0.6) is 0 Å². The van der Waals surface area contributed by atoms with Gasteiger partial charge in [-0.25, -0.2) is 9.59 Å². The maximum absolute atomic E-state index is 13.5. The van der Waals surface area contributed by atoms with Crippen molar-refractivity contribution in [3.8, 4) is 11.1 Å². The molecule has 0 aromatic heterocycles. The lowest BCUT2D eigenvalue weighted by Crippen LogP contribution is -2.62. The summed E-state index contributed by atoms with van der Waals surface area (Å²) < 4.78 is 55.2. The van der Waals surface area contributed by atoms with E-state index in [9.17, 15) is 27.6 Å². The van der Waals surface area contributed by atoms with Crippen molar-refractivity contribution >= 4 is 18.0 Å². The second-order valence-electron chi connectivity index (χ2n) is 9.05. The van der Waals surface area contributed by atoms with E-state index in [1.165, 1.54) is 13.8 Å². The standard InChI is InChI=1S/C25H25F3N2O6/c1-24(2,21(32)30-19(20(31)34-3)13-35-22(30)25(26,27)28)29-23(33)36-12-18-16-10-6-4-8-14(16)15-9-5-7-11-17(15)18/h4-11,18-19,22H,12-13H2,1-3H3,(H,29,33)/t19-,22+/m0/s1. The van der Waals surface area contributed by atoms with Crippen LogP contribution in [0.2, 0.25) is 0 Å². The van der Waals surface area contributed by atoms with Crippen LogP contribution >= 0.6 is 0 Å². The highest BCUT2D eigenvalue weighted by molar-refractivity contribution is 5.93. The van der Waals surface area contributed by atoms with Gasteiger partial charge < -0.3 is 19.5 Å². The average molecular weight is 506 g/mol. The minimum Gasteiger partial charge on any atom is -0.467 e. The van der Waals surface area contributed by atoms with Crippen molar-refractivity contribution in [3.05, 3.63) is 59.7 Å². The smallest absolute Gasteiger partial charge is 0.433 e. The molecule has 2 aromatic carbocycles. The molecule has 0 bridgehead atoms. The van der Waals surface area contributed by atoms with Gasteiger partial charge in [0.25, 0.3) is 5.91 Å². The number of nitrogens with zero attached hydrogens (tertiary/aromatic N) is 1. The molecule has 2 amide bonds. The van der Waals surface area contributed by atoms with Gasteiger partial charge in [0.2, 0.25) is 6.23 Å². The number of halogens is 3. The van der Waals surface area contributed by atoms with Crippen LogP contribution < -0.4 is 5.32 Å². The number of benzene rings is 2. The van der Waals surface area contributed by atoms with Crippen LogP contribution in [0.4, 0.5) is 18.0 Å². The second kappa shape index (κ2) is 9.45. The highest BCUT2D eigenvalue weighted by atomic mass is 19.4. The number of nitrogens with one attached hydrogen (secondary N) is 1. The number of ether oxygens (including phenoxy) is 3. The number of alkyl halides is 3. The number of methoxy groups -OCH3 is 1. The summed E-state index contributed by atoms with van der Waals surface area (Å²) in [5, 5.41) is 2.33. The van der Waals surface area contributed by atoms with E-state index in [4.69, 9.17) is 9.47 Å². The molecule has 11 heteroatoms. The summed E-state index contributed by atoms with van der Waals surface area (Å²) in [7, 11) is 0.992. The van der Waals surface area contributed by atoms with E-state index in [0.717, 1.165) is 29.4 Å². The summed E-state index contributed by atoms with van der Waals surface area (Å²) >= 11 is 0. The van der Waals surface area contributed by atoms with Crippen LogP contribution in [0.1, 0.15) is 30.9 Å². The molecule has 2 atom stereocenters. The lowest BCUT2D eigenvalue weighted by atomic mass is 9.98. The molecule has 0 spiro atoms. The van der Waals surface area contributed by atoms with E-state index in [-0.39, 0.29) is 17.4 Å². The topological polar surface area (TPSA) is 94.2 Å². The summed E-state index contributed by atoms with van der Waals surface area (Å²) in [5.41, 5.74) is 2.15. The van der Waals surface area contributed by atoms with E-state index in [2.05, 4.69) is 10.1 Å². The molecule has 192 valence electrons. The number of fused-ring (bicyclic) bond motifs is 3. The normalized spacial score (nSPS) is 19.4. The Morgan fingerprint density at radius 2 is 1.58 bits per heavy atom. The molecule has 1 aliphatic carbocycles. The summed E-state index contributed by atoms with van der Waals surface area (Å²) in [6, 6.07) is 13.8. The highest BCUT2D eigenvalue weighted by Crippen LogP contribution is 2.44. The molecule has 36 heavy (non-hydrogen) atoms. The number of carbonyl (C=O) groups excluding carboxylic acids is 3.